The Bertz CT molecular complexity index is 922. The number of piperidine rings is 1. The molecule has 2 amide bonds. The van der Waals surface area contributed by atoms with Crippen LogP contribution in [0.15, 0.2) is 30.5 Å². The molecule has 1 aliphatic rings. The summed E-state index contributed by atoms with van der Waals surface area (Å²) in [6, 6.07) is 5.47. The molecule has 32 heavy (non-hydrogen) atoms. The number of carbonyl (C=O) groups excluding carboxylic acids is 2. The number of para-hydroxylation sites is 1. The predicted octanol–water partition coefficient (Wildman–Crippen LogP) is 1.04. The van der Waals surface area contributed by atoms with Crippen molar-refractivity contribution in [1.29, 1.82) is 0 Å². The van der Waals surface area contributed by atoms with Gasteiger partial charge in [0.2, 0.25) is 11.8 Å². The van der Waals surface area contributed by atoms with Crippen LogP contribution < -0.4 is 21.7 Å². The standard InChI is InChI=1S/C23H33N5O4/c24-11-5-3-10-19(23(31)32)27-22(30)20(28-21(29)18-9-4-6-12-25-18)13-15-14-26-17-8-2-1-7-16(15)17/h1-2,7-8,14,18-20,25-26H,3-6,9-13,24H2,(H,27,30)(H,28,29)(H,31,32)/t18-,19-,20-/m0/s1. The summed E-state index contributed by atoms with van der Waals surface area (Å²) in [5, 5.41) is 19.2. The van der Waals surface area contributed by atoms with Crippen molar-refractivity contribution in [3.8, 4) is 0 Å². The van der Waals surface area contributed by atoms with Crippen molar-refractivity contribution in [3.05, 3.63) is 36.0 Å². The van der Waals surface area contributed by atoms with Gasteiger partial charge in [-0.25, -0.2) is 4.79 Å². The fraction of sp³-hybridized carbons (Fsp3) is 0.522. The normalized spacial score (nSPS) is 18.1. The SMILES string of the molecule is NCCCC[C@H](NC(=O)[C@H](Cc1c[nH]c2ccccc12)NC(=O)[C@@H]1CCCCN1)C(=O)O. The Hall–Kier alpha value is -2.91. The van der Waals surface area contributed by atoms with Gasteiger partial charge in [-0.1, -0.05) is 24.6 Å². The molecule has 0 spiro atoms. The number of carboxylic acid groups (broad SMARTS) is 1. The van der Waals surface area contributed by atoms with Crippen LogP contribution in [0.2, 0.25) is 0 Å². The first-order valence-electron chi connectivity index (χ1n) is 11.3. The number of unbranched alkanes of at least 4 members (excludes halogenated alkanes) is 1. The molecule has 3 atom stereocenters. The average Bonchev–Trinajstić information content (AvgIpc) is 3.21. The van der Waals surface area contributed by atoms with Crippen LogP contribution in [-0.2, 0) is 20.8 Å². The molecule has 2 heterocycles. The Balaban J connectivity index is 1.76. The van der Waals surface area contributed by atoms with E-state index in [1.54, 1.807) is 0 Å². The van der Waals surface area contributed by atoms with E-state index >= 15 is 0 Å². The zero-order valence-corrected chi connectivity index (χ0v) is 18.2. The predicted molar refractivity (Wildman–Crippen MR) is 122 cm³/mol. The van der Waals surface area contributed by atoms with Crippen LogP contribution in [0.5, 0.6) is 0 Å². The lowest BCUT2D eigenvalue weighted by atomic mass is 10.0. The van der Waals surface area contributed by atoms with Gasteiger partial charge in [0.25, 0.3) is 0 Å². The van der Waals surface area contributed by atoms with Crippen molar-refractivity contribution in [2.45, 2.75) is 63.1 Å². The van der Waals surface area contributed by atoms with E-state index in [2.05, 4.69) is 20.9 Å². The first-order valence-corrected chi connectivity index (χ1v) is 11.3. The molecule has 7 N–H and O–H groups in total. The van der Waals surface area contributed by atoms with Crippen LogP contribution >= 0.6 is 0 Å². The second-order valence-corrected chi connectivity index (χ2v) is 8.31. The van der Waals surface area contributed by atoms with E-state index in [0.717, 1.165) is 35.9 Å². The third-order valence-electron chi connectivity index (χ3n) is 5.92. The van der Waals surface area contributed by atoms with Crippen molar-refractivity contribution >= 4 is 28.7 Å². The number of carboxylic acids is 1. The van der Waals surface area contributed by atoms with Gasteiger partial charge in [-0.2, -0.15) is 0 Å². The minimum Gasteiger partial charge on any atom is -0.480 e. The molecular formula is C23H33N5O4. The molecule has 9 nitrogen and oxygen atoms in total. The lowest BCUT2D eigenvalue weighted by molar-refractivity contribution is -0.142. The summed E-state index contributed by atoms with van der Waals surface area (Å²) in [6.45, 7) is 1.23. The fourth-order valence-corrected chi connectivity index (χ4v) is 4.10. The topological polar surface area (TPSA) is 149 Å². The molecule has 3 rings (SSSR count). The second kappa shape index (κ2) is 11.6. The van der Waals surface area contributed by atoms with Crippen LogP contribution in [0.25, 0.3) is 10.9 Å². The Kier molecular flexibility index (Phi) is 8.64. The molecule has 1 aromatic heterocycles. The number of amides is 2. The minimum absolute atomic E-state index is 0.236. The van der Waals surface area contributed by atoms with E-state index in [0.29, 0.717) is 25.8 Å². The van der Waals surface area contributed by atoms with E-state index in [9.17, 15) is 19.5 Å². The van der Waals surface area contributed by atoms with Crippen molar-refractivity contribution in [2.75, 3.05) is 13.1 Å². The molecule has 0 unspecified atom stereocenters. The van der Waals surface area contributed by atoms with Gasteiger partial charge in [0, 0.05) is 23.5 Å². The highest BCUT2D eigenvalue weighted by Gasteiger charge is 2.30. The molecule has 0 saturated carbocycles. The first-order chi connectivity index (χ1) is 15.5. The van der Waals surface area contributed by atoms with Crippen molar-refractivity contribution in [2.24, 2.45) is 5.73 Å². The number of hydrogen-bond acceptors (Lipinski definition) is 5. The molecule has 0 bridgehead atoms. The molecule has 0 radical (unpaired) electrons. The number of hydrogen-bond donors (Lipinski definition) is 6. The van der Waals surface area contributed by atoms with Gasteiger partial charge in [-0.3, -0.25) is 9.59 Å². The Labute approximate surface area is 187 Å². The summed E-state index contributed by atoms with van der Waals surface area (Å²) in [4.78, 5) is 40.8. The summed E-state index contributed by atoms with van der Waals surface area (Å²) in [5.74, 6) is -1.83. The summed E-state index contributed by atoms with van der Waals surface area (Å²) in [7, 11) is 0. The largest absolute Gasteiger partial charge is 0.480 e. The van der Waals surface area contributed by atoms with E-state index < -0.39 is 24.0 Å². The summed E-state index contributed by atoms with van der Waals surface area (Å²) < 4.78 is 0. The van der Waals surface area contributed by atoms with E-state index in [1.807, 2.05) is 30.5 Å². The molecule has 1 aromatic carbocycles. The number of nitrogens with two attached hydrogens (primary N) is 1. The van der Waals surface area contributed by atoms with E-state index in [4.69, 9.17) is 5.73 Å². The number of nitrogens with one attached hydrogen (secondary N) is 4. The number of carbonyl (C=O) groups is 3. The Morgan fingerprint density at radius 3 is 2.66 bits per heavy atom. The summed E-state index contributed by atoms with van der Waals surface area (Å²) >= 11 is 0. The maximum atomic E-state index is 13.1. The zero-order chi connectivity index (χ0) is 22.9. The number of aromatic nitrogens is 1. The van der Waals surface area contributed by atoms with E-state index in [1.165, 1.54) is 0 Å². The number of fused-ring (bicyclic) bond motifs is 1. The number of aromatic amines is 1. The lowest BCUT2D eigenvalue weighted by Gasteiger charge is -2.26. The van der Waals surface area contributed by atoms with Gasteiger partial charge in [-0.05, 0) is 56.8 Å². The molecular weight excluding hydrogens is 410 g/mol. The molecule has 174 valence electrons. The van der Waals surface area contributed by atoms with Gasteiger partial charge in [-0.15, -0.1) is 0 Å². The number of H-pyrrole nitrogens is 1. The lowest BCUT2D eigenvalue weighted by Crippen LogP contribution is -2.56. The second-order valence-electron chi connectivity index (χ2n) is 8.31. The van der Waals surface area contributed by atoms with Gasteiger partial charge in [0.15, 0.2) is 0 Å². The smallest absolute Gasteiger partial charge is 0.326 e. The monoisotopic (exact) mass is 443 g/mol. The third kappa shape index (κ3) is 6.30. The Morgan fingerprint density at radius 2 is 1.94 bits per heavy atom. The number of benzene rings is 1. The maximum absolute atomic E-state index is 13.1. The molecule has 1 saturated heterocycles. The van der Waals surface area contributed by atoms with E-state index in [-0.39, 0.29) is 24.8 Å². The van der Waals surface area contributed by atoms with Gasteiger partial charge < -0.3 is 31.8 Å². The summed E-state index contributed by atoms with van der Waals surface area (Å²) in [5.41, 5.74) is 7.32. The highest BCUT2D eigenvalue weighted by molar-refractivity contribution is 5.93. The number of aliphatic carboxylic acids is 1. The molecule has 2 aromatic rings. The van der Waals surface area contributed by atoms with Crippen LogP contribution in [0.1, 0.15) is 44.1 Å². The van der Waals surface area contributed by atoms with Crippen molar-refractivity contribution < 1.29 is 19.5 Å². The number of rotatable bonds is 11. The van der Waals surface area contributed by atoms with Crippen molar-refractivity contribution in [3.63, 3.8) is 0 Å². The third-order valence-corrected chi connectivity index (χ3v) is 5.92. The molecule has 1 fully saturated rings. The first kappa shape index (κ1) is 23.7. The van der Waals surface area contributed by atoms with Crippen LogP contribution in [0.3, 0.4) is 0 Å². The van der Waals surface area contributed by atoms with Crippen LogP contribution in [0, 0.1) is 0 Å². The molecule has 0 aliphatic carbocycles. The van der Waals surface area contributed by atoms with Gasteiger partial charge >= 0.3 is 5.97 Å². The molecule has 1 aliphatic heterocycles. The van der Waals surface area contributed by atoms with Crippen LogP contribution in [-0.4, -0.2) is 59.1 Å². The minimum atomic E-state index is -1.10. The van der Waals surface area contributed by atoms with Gasteiger partial charge in [0.1, 0.15) is 12.1 Å². The highest BCUT2D eigenvalue weighted by atomic mass is 16.4. The maximum Gasteiger partial charge on any atom is 0.326 e. The molecule has 9 heteroatoms. The fourth-order valence-electron chi connectivity index (χ4n) is 4.10. The summed E-state index contributed by atoms with van der Waals surface area (Å²) in [6.07, 6.45) is 6.33. The highest BCUT2D eigenvalue weighted by Crippen LogP contribution is 2.19. The Morgan fingerprint density at radius 1 is 1.12 bits per heavy atom. The van der Waals surface area contributed by atoms with Crippen molar-refractivity contribution in [1.82, 2.24) is 20.9 Å². The zero-order valence-electron chi connectivity index (χ0n) is 18.2. The quantitative estimate of drug-likeness (QED) is 0.286. The average molecular weight is 444 g/mol. The van der Waals surface area contributed by atoms with Crippen LogP contribution in [0.4, 0.5) is 0 Å². The van der Waals surface area contributed by atoms with Gasteiger partial charge in [0.05, 0.1) is 6.04 Å².